The smallest absolute Gasteiger partial charge is 0.126 e. The maximum Gasteiger partial charge on any atom is 0.126 e. The van der Waals surface area contributed by atoms with Gasteiger partial charge in [0.25, 0.3) is 0 Å². The Kier molecular flexibility index (Phi) is 2.74. The average molecular weight is 265 g/mol. The van der Waals surface area contributed by atoms with Crippen LogP contribution < -0.4 is 0 Å². The molecule has 15 heavy (non-hydrogen) atoms. The lowest BCUT2D eigenvalue weighted by atomic mass is 10.0. The molecule has 2 nitrogen and oxygen atoms in total. The molecule has 2 aromatic rings. The molecule has 0 radical (unpaired) electrons. The highest BCUT2D eigenvalue weighted by molar-refractivity contribution is 9.10. The van der Waals surface area contributed by atoms with Gasteiger partial charge in [-0.05, 0) is 34.8 Å². The van der Waals surface area contributed by atoms with E-state index in [1.807, 2.05) is 19.1 Å². The summed E-state index contributed by atoms with van der Waals surface area (Å²) in [5, 5.41) is 1.14. The Morgan fingerprint density at radius 1 is 1.20 bits per heavy atom. The summed E-state index contributed by atoms with van der Waals surface area (Å²) in [5.41, 5.74) is 2.13. The zero-order valence-corrected chi connectivity index (χ0v) is 10.7. The van der Waals surface area contributed by atoms with Gasteiger partial charge in [-0.2, -0.15) is 0 Å². The Labute approximate surface area is 97.9 Å². The molecular formula is C12H13BrN2. The number of nitrogens with zero attached hydrogens (tertiary/aromatic N) is 2. The van der Waals surface area contributed by atoms with Crippen LogP contribution in [0.25, 0.3) is 10.9 Å². The number of halogens is 1. The Hall–Kier alpha value is -0.960. The number of benzene rings is 1. The molecule has 0 aliphatic heterocycles. The number of aryl methyl sites for hydroxylation is 1. The van der Waals surface area contributed by atoms with Crippen molar-refractivity contribution in [1.29, 1.82) is 0 Å². The van der Waals surface area contributed by atoms with Gasteiger partial charge in [-0.1, -0.05) is 26.0 Å². The van der Waals surface area contributed by atoms with Gasteiger partial charge >= 0.3 is 0 Å². The van der Waals surface area contributed by atoms with Gasteiger partial charge in [-0.25, -0.2) is 9.97 Å². The van der Waals surface area contributed by atoms with E-state index in [9.17, 15) is 0 Å². The summed E-state index contributed by atoms with van der Waals surface area (Å²) in [6, 6.07) is 6.12. The minimum Gasteiger partial charge on any atom is -0.237 e. The van der Waals surface area contributed by atoms with E-state index in [0.717, 1.165) is 26.9 Å². The number of rotatable bonds is 1. The zero-order valence-electron chi connectivity index (χ0n) is 9.08. The molecule has 0 amide bonds. The Bertz CT molecular complexity index is 506. The van der Waals surface area contributed by atoms with E-state index in [1.165, 1.54) is 0 Å². The molecule has 0 saturated heterocycles. The van der Waals surface area contributed by atoms with E-state index < -0.39 is 0 Å². The van der Waals surface area contributed by atoms with Crippen LogP contribution in [0, 0.1) is 6.92 Å². The fraction of sp³-hybridized carbons (Fsp3) is 0.333. The topological polar surface area (TPSA) is 25.8 Å². The monoisotopic (exact) mass is 264 g/mol. The molecule has 2 rings (SSSR count). The van der Waals surface area contributed by atoms with Gasteiger partial charge in [0, 0.05) is 9.86 Å². The van der Waals surface area contributed by atoms with Crippen molar-refractivity contribution in [3.63, 3.8) is 0 Å². The first-order chi connectivity index (χ1) is 7.09. The highest BCUT2D eigenvalue weighted by Gasteiger charge is 2.10. The summed E-state index contributed by atoms with van der Waals surface area (Å²) >= 11 is 3.52. The first kappa shape index (κ1) is 10.6. The predicted molar refractivity (Wildman–Crippen MR) is 66.1 cm³/mol. The molecule has 0 aliphatic carbocycles. The lowest BCUT2D eigenvalue weighted by Crippen LogP contribution is -1.99. The third-order valence-electron chi connectivity index (χ3n) is 2.37. The molecule has 0 saturated carbocycles. The second-order valence-electron chi connectivity index (χ2n) is 3.95. The Morgan fingerprint density at radius 2 is 1.93 bits per heavy atom. The van der Waals surface area contributed by atoms with Crippen LogP contribution >= 0.6 is 15.9 Å². The number of aromatic nitrogens is 2. The van der Waals surface area contributed by atoms with Crippen LogP contribution in [0.4, 0.5) is 0 Å². The minimum atomic E-state index is 0.420. The molecule has 78 valence electrons. The van der Waals surface area contributed by atoms with Crippen LogP contribution in [0.3, 0.4) is 0 Å². The van der Waals surface area contributed by atoms with Crippen LogP contribution in [-0.4, -0.2) is 9.97 Å². The van der Waals surface area contributed by atoms with E-state index in [0.29, 0.717) is 5.92 Å². The first-order valence-corrected chi connectivity index (χ1v) is 5.81. The molecule has 3 heteroatoms. The number of para-hydroxylation sites is 1. The maximum atomic E-state index is 4.51. The zero-order chi connectivity index (χ0) is 11.0. The number of fused-ring (bicyclic) bond motifs is 1. The second kappa shape index (κ2) is 3.89. The molecule has 0 N–H and O–H groups in total. The Morgan fingerprint density at radius 3 is 2.60 bits per heavy atom. The standard InChI is InChI=1S/C12H13BrN2/c1-7(2)11-9-5-4-6-10(13)12(9)15-8(3)14-11/h4-7H,1-3H3. The molecule has 1 aromatic heterocycles. The highest BCUT2D eigenvalue weighted by Crippen LogP contribution is 2.27. The minimum absolute atomic E-state index is 0.420. The summed E-state index contributed by atoms with van der Waals surface area (Å²) in [4.78, 5) is 8.97. The van der Waals surface area contributed by atoms with E-state index in [-0.39, 0.29) is 0 Å². The first-order valence-electron chi connectivity index (χ1n) is 5.02. The van der Waals surface area contributed by atoms with Crippen molar-refractivity contribution in [1.82, 2.24) is 9.97 Å². The normalized spacial score (nSPS) is 11.3. The SMILES string of the molecule is Cc1nc(C(C)C)c2cccc(Br)c2n1. The van der Waals surface area contributed by atoms with Crippen molar-refractivity contribution in [2.45, 2.75) is 26.7 Å². The highest BCUT2D eigenvalue weighted by atomic mass is 79.9. The van der Waals surface area contributed by atoms with Gasteiger partial charge in [0.15, 0.2) is 0 Å². The van der Waals surface area contributed by atoms with Crippen molar-refractivity contribution in [3.05, 3.63) is 34.2 Å². The molecule has 1 aromatic carbocycles. The molecule has 0 fully saturated rings. The molecule has 0 atom stereocenters. The van der Waals surface area contributed by atoms with Crippen LogP contribution in [0.1, 0.15) is 31.3 Å². The lowest BCUT2D eigenvalue weighted by Gasteiger charge is -2.10. The summed E-state index contributed by atoms with van der Waals surface area (Å²) < 4.78 is 1.03. The van der Waals surface area contributed by atoms with Gasteiger partial charge in [-0.15, -0.1) is 0 Å². The van der Waals surface area contributed by atoms with Gasteiger partial charge in [0.2, 0.25) is 0 Å². The fourth-order valence-electron chi connectivity index (χ4n) is 1.70. The van der Waals surface area contributed by atoms with Crippen LogP contribution in [0.15, 0.2) is 22.7 Å². The molecule has 1 heterocycles. The van der Waals surface area contributed by atoms with Crippen LogP contribution in [0.5, 0.6) is 0 Å². The number of hydrogen-bond acceptors (Lipinski definition) is 2. The van der Waals surface area contributed by atoms with Crippen molar-refractivity contribution < 1.29 is 0 Å². The van der Waals surface area contributed by atoms with E-state index in [4.69, 9.17) is 0 Å². The summed E-state index contributed by atoms with van der Waals surface area (Å²) in [7, 11) is 0. The molecule has 0 spiro atoms. The maximum absolute atomic E-state index is 4.51. The van der Waals surface area contributed by atoms with Crippen LogP contribution in [0.2, 0.25) is 0 Å². The van der Waals surface area contributed by atoms with Gasteiger partial charge in [0.1, 0.15) is 5.82 Å². The second-order valence-corrected chi connectivity index (χ2v) is 4.80. The van der Waals surface area contributed by atoms with E-state index in [2.05, 4.69) is 45.8 Å². The predicted octanol–water partition coefficient (Wildman–Crippen LogP) is 3.82. The summed E-state index contributed by atoms with van der Waals surface area (Å²) in [5.74, 6) is 1.25. The van der Waals surface area contributed by atoms with Crippen molar-refractivity contribution in [3.8, 4) is 0 Å². The third-order valence-corrected chi connectivity index (χ3v) is 3.01. The number of hydrogen-bond donors (Lipinski definition) is 0. The average Bonchev–Trinajstić information content (AvgIpc) is 2.18. The lowest BCUT2D eigenvalue weighted by molar-refractivity contribution is 0.817. The molecular weight excluding hydrogens is 252 g/mol. The fourth-order valence-corrected chi connectivity index (χ4v) is 2.15. The third kappa shape index (κ3) is 1.88. The summed E-state index contributed by atoms with van der Waals surface area (Å²) in [6.07, 6.45) is 0. The molecule has 0 aliphatic rings. The molecule has 0 unspecified atom stereocenters. The Balaban J connectivity index is 2.86. The van der Waals surface area contributed by atoms with E-state index in [1.54, 1.807) is 0 Å². The molecule has 0 bridgehead atoms. The van der Waals surface area contributed by atoms with Crippen molar-refractivity contribution in [2.24, 2.45) is 0 Å². The van der Waals surface area contributed by atoms with Gasteiger partial charge < -0.3 is 0 Å². The largest absolute Gasteiger partial charge is 0.237 e. The summed E-state index contributed by atoms with van der Waals surface area (Å²) in [6.45, 7) is 6.25. The van der Waals surface area contributed by atoms with Crippen molar-refractivity contribution >= 4 is 26.8 Å². The van der Waals surface area contributed by atoms with E-state index >= 15 is 0 Å². The van der Waals surface area contributed by atoms with Gasteiger partial charge in [-0.3, -0.25) is 0 Å². The quantitative estimate of drug-likeness (QED) is 0.783. The van der Waals surface area contributed by atoms with Gasteiger partial charge in [0.05, 0.1) is 11.2 Å². The van der Waals surface area contributed by atoms with Crippen molar-refractivity contribution in [2.75, 3.05) is 0 Å². The van der Waals surface area contributed by atoms with Crippen LogP contribution in [-0.2, 0) is 0 Å².